The van der Waals surface area contributed by atoms with Crippen molar-refractivity contribution in [2.45, 2.75) is 13.8 Å². The zero-order chi connectivity index (χ0) is 18.0. The van der Waals surface area contributed by atoms with Gasteiger partial charge in [-0.15, -0.1) is 0 Å². The molecule has 0 bridgehead atoms. The molecule has 2 nitrogen and oxygen atoms in total. The molecular weight excluding hydrogens is 332 g/mol. The van der Waals surface area contributed by atoms with E-state index in [1.54, 1.807) is 42.5 Å². The summed E-state index contributed by atoms with van der Waals surface area (Å²) in [5.41, 5.74) is 4.12. The van der Waals surface area contributed by atoms with E-state index in [4.69, 9.17) is 11.6 Å². The van der Waals surface area contributed by atoms with Gasteiger partial charge in [0.05, 0.1) is 0 Å². The number of carbonyl (C=O) groups excluding carboxylic acids is 2. The van der Waals surface area contributed by atoms with Crippen LogP contribution in [0.15, 0.2) is 66.7 Å². The molecule has 0 radical (unpaired) electrons. The summed E-state index contributed by atoms with van der Waals surface area (Å²) in [5, 5.41) is 0.369. The van der Waals surface area contributed by atoms with E-state index in [0.717, 1.165) is 11.1 Å². The highest BCUT2D eigenvalue weighted by Crippen LogP contribution is 2.21. The van der Waals surface area contributed by atoms with Gasteiger partial charge in [-0.3, -0.25) is 9.59 Å². The molecule has 0 fully saturated rings. The zero-order valence-corrected chi connectivity index (χ0v) is 14.8. The number of carbonyl (C=O) groups is 2. The largest absolute Gasteiger partial charge is 0.289 e. The molecule has 0 aliphatic carbocycles. The van der Waals surface area contributed by atoms with Crippen molar-refractivity contribution in [3.8, 4) is 0 Å². The van der Waals surface area contributed by atoms with Crippen LogP contribution in [-0.2, 0) is 0 Å². The molecule has 3 heteroatoms. The molecule has 3 aromatic carbocycles. The number of aryl methyl sites for hydroxylation is 2. The summed E-state index contributed by atoms with van der Waals surface area (Å²) in [5.74, 6) is -0.305. The third-order valence-electron chi connectivity index (χ3n) is 4.05. The first-order valence-electron chi connectivity index (χ1n) is 7.97. The first-order valence-corrected chi connectivity index (χ1v) is 8.35. The van der Waals surface area contributed by atoms with Gasteiger partial charge in [0.2, 0.25) is 0 Å². The normalized spacial score (nSPS) is 10.5. The quantitative estimate of drug-likeness (QED) is 0.590. The molecule has 0 saturated heterocycles. The lowest BCUT2D eigenvalue weighted by Crippen LogP contribution is -2.06. The van der Waals surface area contributed by atoms with Gasteiger partial charge >= 0.3 is 0 Å². The smallest absolute Gasteiger partial charge is 0.193 e. The van der Waals surface area contributed by atoms with Crippen molar-refractivity contribution in [2.75, 3.05) is 0 Å². The fourth-order valence-electron chi connectivity index (χ4n) is 2.60. The standard InChI is InChI=1S/C22H17ClO2/c1-14-3-7-16(8-4-14)21(24)18-11-19(13-20(23)12-18)22(25)17-9-5-15(2)6-10-17/h3-13H,1-2H3. The second-order valence-corrected chi connectivity index (χ2v) is 6.56. The van der Waals surface area contributed by atoms with Crippen LogP contribution < -0.4 is 0 Å². The summed E-state index contributed by atoms with van der Waals surface area (Å²) < 4.78 is 0. The summed E-state index contributed by atoms with van der Waals surface area (Å²) in [4.78, 5) is 25.4. The molecule has 0 heterocycles. The second-order valence-electron chi connectivity index (χ2n) is 6.12. The molecule has 0 aliphatic rings. The maximum Gasteiger partial charge on any atom is 0.193 e. The van der Waals surface area contributed by atoms with Crippen molar-refractivity contribution in [2.24, 2.45) is 0 Å². The van der Waals surface area contributed by atoms with Crippen LogP contribution in [0.5, 0.6) is 0 Å². The van der Waals surface area contributed by atoms with Crippen molar-refractivity contribution in [3.05, 3.63) is 105 Å². The van der Waals surface area contributed by atoms with Crippen LogP contribution in [0.1, 0.15) is 43.0 Å². The van der Waals surface area contributed by atoms with Crippen LogP contribution in [0, 0.1) is 13.8 Å². The molecule has 0 amide bonds. The fraction of sp³-hybridized carbons (Fsp3) is 0.0909. The molecule has 124 valence electrons. The van der Waals surface area contributed by atoms with Crippen molar-refractivity contribution in [1.82, 2.24) is 0 Å². The highest BCUT2D eigenvalue weighted by atomic mass is 35.5. The SMILES string of the molecule is Cc1ccc(C(=O)c2cc(Cl)cc(C(=O)c3ccc(C)cc3)c2)cc1. The van der Waals surface area contributed by atoms with Crippen LogP contribution in [0.2, 0.25) is 5.02 Å². The lowest BCUT2D eigenvalue weighted by molar-refractivity contribution is 0.103. The monoisotopic (exact) mass is 348 g/mol. The van der Waals surface area contributed by atoms with Gasteiger partial charge in [-0.1, -0.05) is 71.3 Å². The lowest BCUT2D eigenvalue weighted by atomic mass is 9.97. The summed E-state index contributed by atoms with van der Waals surface area (Å²) in [6, 6.07) is 19.4. The van der Waals surface area contributed by atoms with Gasteiger partial charge in [0.15, 0.2) is 11.6 Å². The van der Waals surface area contributed by atoms with Crippen molar-refractivity contribution >= 4 is 23.2 Å². The maximum absolute atomic E-state index is 12.7. The number of rotatable bonds is 4. The molecule has 0 spiro atoms. The van der Waals surface area contributed by atoms with Gasteiger partial charge in [-0.2, -0.15) is 0 Å². The van der Waals surface area contributed by atoms with Crippen molar-refractivity contribution < 1.29 is 9.59 Å². The van der Waals surface area contributed by atoms with Crippen LogP contribution in [0.3, 0.4) is 0 Å². The fourth-order valence-corrected chi connectivity index (χ4v) is 2.83. The third kappa shape index (κ3) is 3.86. The Morgan fingerprint density at radius 1 is 0.600 bits per heavy atom. The van der Waals surface area contributed by atoms with Crippen LogP contribution in [-0.4, -0.2) is 11.6 Å². The van der Waals surface area contributed by atoms with Gasteiger partial charge in [-0.25, -0.2) is 0 Å². The van der Waals surface area contributed by atoms with E-state index in [1.807, 2.05) is 38.1 Å². The van der Waals surface area contributed by atoms with Crippen molar-refractivity contribution in [3.63, 3.8) is 0 Å². The van der Waals surface area contributed by atoms with Crippen molar-refractivity contribution in [1.29, 1.82) is 0 Å². The molecule has 0 aromatic heterocycles. The second kappa shape index (κ2) is 7.04. The Balaban J connectivity index is 1.97. The molecule has 25 heavy (non-hydrogen) atoms. The van der Waals surface area contributed by atoms with E-state index < -0.39 is 0 Å². The average Bonchev–Trinajstić information content (AvgIpc) is 2.61. The highest BCUT2D eigenvalue weighted by Gasteiger charge is 2.15. The summed E-state index contributed by atoms with van der Waals surface area (Å²) in [7, 11) is 0. The van der Waals surface area contributed by atoms with Gasteiger partial charge in [-0.05, 0) is 32.0 Å². The summed E-state index contributed by atoms with van der Waals surface area (Å²) in [6.07, 6.45) is 0. The number of halogens is 1. The maximum atomic E-state index is 12.7. The predicted molar refractivity (Wildman–Crippen MR) is 101 cm³/mol. The minimum absolute atomic E-state index is 0.152. The van der Waals surface area contributed by atoms with Crippen LogP contribution in [0.25, 0.3) is 0 Å². The van der Waals surface area contributed by atoms with Gasteiger partial charge in [0, 0.05) is 27.3 Å². The van der Waals surface area contributed by atoms with Gasteiger partial charge in [0.1, 0.15) is 0 Å². The molecule has 0 unspecified atom stereocenters. The molecule has 0 atom stereocenters. The lowest BCUT2D eigenvalue weighted by Gasteiger charge is -2.07. The average molecular weight is 349 g/mol. The summed E-state index contributed by atoms with van der Waals surface area (Å²) >= 11 is 6.16. The highest BCUT2D eigenvalue weighted by molar-refractivity contribution is 6.32. The Bertz CT molecular complexity index is 863. The van der Waals surface area contributed by atoms with Gasteiger partial charge < -0.3 is 0 Å². The predicted octanol–water partition coefficient (Wildman–Crippen LogP) is 5.42. The van der Waals surface area contributed by atoms with E-state index >= 15 is 0 Å². The minimum atomic E-state index is -0.152. The molecule has 0 saturated carbocycles. The Morgan fingerprint density at radius 3 is 1.32 bits per heavy atom. The summed E-state index contributed by atoms with van der Waals surface area (Å²) in [6.45, 7) is 3.93. The zero-order valence-electron chi connectivity index (χ0n) is 14.0. The molecule has 3 aromatic rings. The molecular formula is C22H17ClO2. The molecule has 0 N–H and O–H groups in total. The third-order valence-corrected chi connectivity index (χ3v) is 4.27. The molecule has 0 aliphatic heterocycles. The Labute approximate surface area is 152 Å². The van der Waals surface area contributed by atoms with E-state index in [9.17, 15) is 9.59 Å². The minimum Gasteiger partial charge on any atom is -0.289 e. The Hall–Kier alpha value is -2.71. The van der Waals surface area contributed by atoms with E-state index in [1.165, 1.54) is 0 Å². The van der Waals surface area contributed by atoms with E-state index in [0.29, 0.717) is 27.3 Å². The Morgan fingerprint density at radius 2 is 0.960 bits per heavy atom. The van der Waals surface area contributed by atoms with E-state index in [2.05, 4.69) is 0 Å². The topological polar surface area (TPSA) is 34.1 Å². The van der Waals surface area contributed by atoms with Crippen LogP contribution >= 0.6 is 11.6 Å². The van der Waals surface area contributed by atoms with E-state index in [-0.39, 0.29) is 11.6 Å². The Kier molecular flexibility index (Phi) is 4.82. The van der Waals surface area contributed by atoms with Crippen LogP contribution in [0.4, 0.5) is 0 Å². The van der Waals surface area contributed by atoms with Gasteiger partial charge in [0.25, 0.3) is 0 Å². The first kappa shape index (κ1) is 17.1. The number of ketones is 2. The number of benzene rings is 3. The number of hydrogen-bond donors (Lipinski definition) is 0. The molecule has 3 rings (SSSR count). The first-order chi connectivity index (χ1) is 11.9. The number of hydrogen-bond acceptors (Lipinski definition) is 2.